The quantitative estimate of drug-likeness (QED) is 0.648. The zero-order valence-corrected chi connectivity index (χ0v) is 7.86. The standard InChI is InChI=1S/C9H15NS/c1-8(6-10)7-11-9-4-2-3-5-9/h8-9H,2-5,7H2,1H3. The summed E-state index contributed by atoms with van der Waals surface area (Å²) in [7, 11) is 0. The summed E-state index contributed by atoms with van der Waals surface area (Å²) in [6.45, 7) is 2.00. The van der Waals surface area contributed by atoms with Gasteiger partial charge in [0.15, 0.2) is 0 Å². The number of rotatable bonds is 3. The fourth-order valence-corrected chi connectivity index (χ4v) is 2.67. The molecule has 1 nitrogen and oxygen atoms in total. The minimum absolute atomic E-state index is 0.237. The lowest BCUT2D eigenvalue weighted by Gasteiger charge is -2.08. The van der Waals surface area contributed by atoms with Crippen LogP contribution in [0, 0.1) is 17.2 Å². The van der Waals surface area contributed by atoms with Crippen molar-refractivity contribution in [1.82, 2.24) is 0 Å². The molecular formula is C9H15NS. The Labute approximate surface area is 73.2 Å². The van der Waals surface area contributed by atoms with Crippen molar-refractivity contribution < 1.29 is 0 Å². The van der Waals surface area contributed by atoms with Crippen LogP contribution in [0.1, 0.15) is 32.6 Å². The molecule has 0 amide bonds. The molecule has 0 aromatic rings. The van der Waals surface area contributed by atoms with Crippen LogP contribution in [0.5, 0.6) is 0 Å². The van der Waals surface area contributed by atoms with Crippen molar-refractivity contribution in [2.75, 3.05) is 5.75 Å². The van der Waals surface area contributed by atoms with Crippen molar-refractivity contribution in [2.24, 2.45) is 5.92 Å². The average Bonchev–Trinajstić information content (AvgIpc) is 2.52. The van der Waals surface area contributed by atoms with E-state index in [1.165, 1.54) is 25.7 Å². The molecule has 62 valence electrons. The smallest absolute Gasteiger partial charge is 0.0661 e. The molecule has 11 heavy (non-hydrogen) atoms. The normalized spacial score (nSPS) is 21.5. The molecule has 0 aromatic heterocycles. The molecule has 0 bridgehead atoms. The highest BCUT2D eigenvalue weighted by atomic mass is 32.2. The van der Waals surface area contributed by atoms with E-state index in [4.69, 9.17) is 5.26 Å². The zero-order valence-electron chi connectivity index (χ0n) is 7.05. The number of nitrogens with zero attached hydrogens (tertiary/aromatic N) is 1. The molecule has 0 spiro atoms. The Hall–Kier alpha value is -0.160. The summed E-state index contributed by atoms with van der Waals surface area (Å²) in [5.41, 5.74) is 0. The summed E-state index contributed by atoms with van der Waals surface area (Å²) in [4.78, 5) is 0. The highest BCUT2D eigenvalue weighted by Crippen LogP contribution is 2.30. The van der Waals surface area contributed by atoms with Gasteiger partial charge in [-0.1, -0.05) is 12.8 Å². The van der Waals surface area contributed by atoms with E-state index >= 15 is 0 Å². The van der Waals surface area contributed by atoms with Gasteiger partial charge in [-0.25, -0.2) is 0 Å². The Morgan fingerprint density at radius 3 is 2.73 bits per heavy atom. The monoisotopic (exact) mass is 169 g/mol. The first kappa shape index (κ1) is 8.93. The maximum Gasteiger partial charge on any atom is 0.0661 e. The Bertz CT molecular complexity index is 144. The van der Waals surface area contributed by atoms with Gasteiger partial charge in [0, 0.05) is 11.0 Å². The lowest BCUT2D eigenvalue weighted by Crippen LogP contribution is -2.01. The molecule has 0 radical (unpaired) electrons. The summed E-state index contributed by atoms with van der Waals surface area (Å²) >= 11 is 1.99. The van der Waals surface area contributed by atoms with Gasteiger partial charge in [-0.05, 0) is 19.8 Å². The predicted molar refractivity (Wildman–Crippen MR) is 49.5 cm³/mol. The van der Waals surface area contributed by atoms with Crippen molar-refractivity contribution >= 4 is 11.8 Å². The molecule has 0 aromatic carbocycles. The molecule has 1 atom stereocenters. The summed E-state index contributed by atoms with van der Waals surface area (Å²) in [6.07, 6.45) is 5.56. The lowest BCUT2D eigenvalue weighted by atomic mass is 10.3. The number of hydrogen-bond acceptors (Lipinski definition) is 2. The molecule has 0 aliphatic heterocycles. The fourth-order valence-electron chi connectivity index (χ4n) is 1.37. The molecule has 1 unspecified atom stereocenters. The van der Waals surface area contributed by atoms with E-state index in [-0.39, 0.29) is 5.92 Å². The van der Waals surface area contributed by atoms with Crippen LogP contribution in [0.25, 0.3) is 0 Å². The SMILES string of the molecule is CC(C#N)CSC1CCCC1. The van der Waals surface area contributed by atoms with Crippen molar-refractivity contribution in [3.05, 3.63) is 0 Å². The summed E-state index contributed by atoms with van der Waals surface area (Å²) in [5, 5.41) is 9.41. The molecule has 1 fully saturated rings. The highest BCUT2D eigenvalue weighted by Gasteiger charge is 2.15. The minimum atomic E-state index is 0.237. The van der Waals surface area contributed by atoms with Gasteiger partial charge in [0.1, 0.15) is 0 Å². The minimum Gasteiger partial charge on any atom is -0.198 e. The van der Waals surface area contributed by atoms with Crippen molar-refractivity contribution in [2.45, 2.75) is 37.9 Å². The van der Waals surface area contributed by atoms with Crippen molar-refractivity contribution in [3.8, 4) is 6.07 Å². The summed E-state index contributed by atoms with van der Waals surface area (Å²) < 4.78 is 0. The van der Waals surface area contributed by atoms with E-state index in [1.54, 1.807) is 0 Å². The van der Waals surface area contributed by atoms with Gasteiger partial charge in [-0.2, -0.15) is 17.0 Å². The number of nitriles is 1. The second-order valence-corrected chi connectivity index (χ2v) is 4.60. The average molecular weight is 169 g/mol. The largest absolute Gasteiger partial charge is 0.198 e. The molecular weight excluding hydrogens is 154 g/mol. The van der Waals surface area contributed by atoms with Crippen LogP contribution in [0.3, 0.4) is 0 Å². The van der Waals surface area contributed by atoms with Gasteiger partial charge >= 0.3 is 0 Å². The van der Waals surface area contributed by atoms with Crippen molar-refractivity contribution in [1.29, 1.82) is 5.26 Å². The van der Waals surface area contributed by atoms with Crippen LogP contribution in [0.15, 0.2) is 0 Å². The molecule has 0 heterocycles. The maximum absolute atomic E-state index is 8.55. The van der Waals surface area contributed by atoms with Gasteiger partial charge in [0.2, 0.25) is 0 Å². The first-order chi connectivity index (χ1) is 5.33. The second-order valence-electron chi connectivity index (χ2n) is 3.27. The van der Waals surface area contributed by atoms with Crippen LogP contribution >= 0.6 is 11.8 Å². The highest BCUT2D eigenvalue weighted by molar-refractivity contribution is 7.99. The molecule has 2 heteroatoms. The Morgan fingerprint density at radius 1 is 1.55 bits per heavy atom. The summed E-state index contributed by atoms with van der Waals surface area (Å²) in [6, 6.07) is 2.27. The third-order valence-electron chi connectivity index (χ3n) is 2.10. The first-order valence-electron chi connectivity index (χ1n) is 4.34. The van der Waals surface area contributed by atoms with Gasteiger partial charge in [0.05, 0.1) is 12.0 Å². The van der Waals surface area contributed by atoms with E-state index < -0.39 is 0 Å². The Kier molecular flexibility index (Phi) is 3.79. The van der Waals surface area contributed by atoms with Crippen LogP contribution in [-0.2, 0) is 0 Å². The molecule has 0 saturated heterocycles. The molecule has 1 aliphatic carbocycles. The van der Waals surface area contributed by atoms with Gasteiger partial charge < -0.3 is 0 Å². The molecule has 1 aliphatic rings. The molecule has 1 rings (SSSR count). The van der Waals surface area contributed by atoms with Gasteiger partial charge in [-0.15, -0.1) is 0 Å². The lowest BCUT2D eigenvalue weighted by molar-refractivity contribution is 0.845. The van der Waals surface area contributed by atoms with Crippen LogP contribution in [-0.4, -0.2) is 11.0 Å². The van der Waals surface area contributed by atoms with E-state index in [1.807, 2.05) is 18.7 Å². The Balaban J connectivity index is 2.07. The number of hydrogen-bond donors (Lipinski definition) is 0. The van der Waals surface area contributed by atoms with E-state index in [9.17, 15) is 0 Å². The van der Waals surface area contributed by atoms with Crippen LogP contribution in [0.2, 0.25) is 0 Å². The Morgan fingerprint density at radius 2 is 2.18 bits per heavy atom. The van der Waals surface area contributed by atoms with Crippen LogP contribution < -0.4 is 0 Å². The van der Waals surface area contributed by atoms with E-state index in [0.717, 1.165) is 11.0 Å². The molecule has 1 saturated carbocycles. The van der Waals surface area contributed by atoms with Gasteiger partial charge in [0.25, 0.3) is 0 Å². The van der Waals surface area contributed by atoms with E-state index in [0.29, 0.717) is 0 Å². The number of thioether (sulfide) groups is 1. The van der Waals surface area contributed by atoms with Gasteiger partial charge in [-0.3, -0.25) is 0 Å². The topological polar surface area (TPSA) is 23.8 Å². The second kappa shape index (κ2) is 4.66. The van der Waals surface area contributed by atoms with Crippen molar-refractivity contribution in [3.63, 3.8) is 0 Å². The third kappa shape index (κ3) is 3.16. The van der Waals surface area contributed by atoms with E-state index in [2.05, 4.69) is 6.07 Å². The van der Waals surface area contributed by atoms with Crippen LogP contribution in [0.4, 0.5) is 0 Å². The predicted octanol–water partition coefficient (Wildman–Crippen LogP) is 2.82. The molecule has 0 N–H and O–H groups in total. The maximum atomic E-state index is 8.55. The first-order valence-corrected chi connectivity index (χ1v) is 5.39. The fraction of sp³-hybridized carbons (Fsp3) is 0.889. The summed E-state index contributed by atoms with van der Waals surface area (Å²) in [5.74, 6) is 1.27. The zero-order chi connectivity index (χ0) is 8.10. The third-order valence-corrected chi connectivity index (χ3v) is 3.74.